The standard InChI is InChI=1S/C28H16N2S4.C20H20BNO2S2.C14H8BrNS2/c1-3-7-17(8-4-1)29-19-11-13-31-25(19)27-21(29)15-23(33-27)24-16-22-28(34-24)26-20(12-14-32-26)30(22)18-9-5-2-6-10-18;1-19(2)20(3,4)24-21(23-19)16-12-15-18(26-16)17-14(10-11-25-17)22(15)13-8-6-5-7-9-13;15-12-8-11-14(18-12)13-10(6-7-17-13)16(11)9-4-2-1-3-5-9/h1-16H;5-12H,1-4H3;1-8H. The zero-order valence-electron chi connectivity index (χ0n) is 42.3. The molecular weight excluding hydrogens is 1180 g/mol. The molecule has 6 nitrogen and oxygen atoms in total. The maximum Gasteiger partial charge on any atom is 0.505 e. The topological polar surface area (TPSA) is 38.2 Å². The van der Waals surface area contributed by atoms with Crippen molar-refractivity contribution < 1.29 is 9.31 Å². The van der Waals surface area contributed by atoms with Gasteiger partial charge in [-0.1, -0.05) is 72.8 Å². The highest BCUT2D eigenvalue weighted by atomic mass is 79.9. The first-order valence-electron chi connectivity index (χ1n) is 25.4. The zero-order valence-corrected chi connectivity index (χ0v) is 50.4. The second-order valence-corrected chi connectivity index (χ2v) is 29.4. The highest BCUT2D eigenvalue weighted by molar-refractivity contribution is 9.11. The molecule has 0 amide bonds. The number of hydrogen-bond donors (Lipinski definition) is 0. The van der Waals surface area contributed by atoms with Crippen LogP contribution in [0.3, 0.4) is 0 Å². The molecule has 16 aromatic rings. The smallest absolute Gasteiger partial charge is 0.399 e. The van der Waals surface area contributed by atoms with Gasteiger partial charge in [-0.15, -0.1) is 90.7 Å². The van der Waals surface area contributed by atoms with Crippen molar-refractivity contribution in [2.24, 2.45) is 0 Å². The van der Waals surface area contributed by atoms with Gasteiger partial charge in [-0.05, 0) is 162 Å². The monoisotopic (exact) mass is 1220 g/mol. The van der Waals surface area contributed by atoms with E-state index in [2.05, 4.69) is 253 Å². The predicted molar refractivity (Wildman–Crippen MR) is 349 cm³/mol. The van der Waals surface area contributed by atoms with Gasteiger partial charge >= 0.3 is 7.12 Å². The molecule has 0 N–H and O–H groups in total. The van der Waals surface area contributed by atoms with E-state index in [0.717, 1.165) is 4.78 Å². The lowest BCUT2D eigenvalue weighted by Crippen LogP contribution is -2.41. The quantitative estimate of drug-likeness (QED) is 0.156. The summed E-state index contributed by atoms with van der Waals surface area (Å²) in [7, 11) is -0.309. The van der Waals surface area contributed by atoms with Crippen LogP contribution >= 0.6 is 107 Å². The Balaban J connectivity index is 0.000000107. The summed E-state index contributed by atoms with van der Waals surface area (Å²) in [5.41, 5.74) is 14.5. The van der Waals surface area contributed by atoms with E-state index < -0.39 is 0 Å². The lowest BCUT2D eigenvalue weighted by atomic mass is 9.88. The van der Waals surface area contributed by atoms with Gasteiger partial charge < -0.3 is 27.6 Å². The first-order valence-corrected chi connectivity index (χ1v) is 33.0. The fourth-order valence-corrected chi connectivity index (χ4v) is 19.9. The average Bonchev–Trinajstić information content (AvgIpc) is 4.35. The maximum absolute atomic E-state index is 6.27. The minimum absolute atomic E-state index is 0.309. The van der Waals surface area contributed by atoms with Gasteiger partial charge in [-0.2, -0.15) is 0 Å². The molecule has 0 bridgehead atoms. The molecule has 78 heavy (non-hydrogen) atoms. The highest BCUT2D eigenvalue weighted by Gasteiger charge is 2.52. The Bertz CT molecular complexity index is 4680. The van der Waals surface area contributed by atoms with Crippen LogP contribution in [0.25, 0.3) is 114 Å². The van der Waals surface area contributed by atoms with Crippen LogP contribution in [0, 0.1) is 0 Å². The number of rotatable bonds is 6. The normalized spacial score (nSPS) is 14.3. The summed E-state index contributed by atoms with van der Waals surface area (Å²) in [5.74, 6) is 0. The van der Waals surface area contributed by atoms with Crippen molar-refractivity contribution in [1.82, 2.24) is 18.3 Å². The SMILES string of the molecule is Brc1cc2c(s1)c1sccc1n2-c1ccccc1.CC1(C)OB(c2cc3c(s2)c2sccc2n3-c2ccccc2)OC1(C)C.c1ccc(-n2c3ccsc3c3sc(-c4cc5c(s4)c4sccc4n5-c4ccccc4)cc32)cc1. The van der Waals surface area contributed by atoms with Crippen molar-refractivity contribution in [3.63, 3.8) is 0 Å². The Kier molecular flexibility index (Phi) is 12.1. The third-order valence-corrected chi connectivity index (χ3v) is 24.4. The molecule has 0 unspecified atom stereocenters. The van der Waals surface area contributed by atoms with Crippen molar-refractivity contribution in [2.75, 3.05) is 0 Å². The highest BCUT2D eigenvalue weighted by Crippen LogP contribution is 2.49. The van der Waals surface area contributed by atoms with Crippen LogP contribution in [0.4, 0.5) is 0 Å². The molecule has 1 aliphatic heterocycles. The zero-order chi connectivity index (χ0) is 52.4. The molecule has 0 spiro atoms. The van der Waals surface area contributed by atoms with E-state index in [1.807, 2.05) is 68.0 Å². The Morgan fingerprint density at radius 1 is 0.346 bits per heavy atom. The summed E-state index contributed by atoms with van der Waals surface area (Å²) >= 11 is 18.3. The summed E-state index contributed by atoms with van der Waals surface area (Å²) in [5, 5.41) is 8.74. The molecule has 13 heterocycles. The molecule has 1 fully saturated rings. The summed E-state index contributed by atoms with van der Waals surface area (Å²) in [4.78, 5) is 2.69. The molecule has 1 saturated heterocycles. The van der Waals surface area contributed by atoms with Gasteiger partial charge in [0.05, 0.1) is 96.7 Å². The molecule has 0 aliphatic carbocycles. The Hall–Kier alpha value is -5.86. The van der Waals surface area contributed by atoms with Gasteiger partial charge in [-0.3, -0.25) is 0 Å². The second kappa shape index (κ2) is 19.2. The van der Waals surface area contributed by atoms with Crippen LogP contribution in [0.2, 0.25) is 0 Å². The van der Waals surface area contributed by atoms with Crippen LogP contribution in [0.1, 0.15) is 27.7 Å². The van der Waals surface area contributed by atoms with Crippen LogP contribution in [0.15, 0.2) is 195 Å². The number of aromatic nitrogens is 4. The average molecular weight is 1220 g/mol. The van der Waals surface area contributed by atoms with Crippen molar-refractivity contribution in [1.29, 1.82) is 0 Å². The number of benzene rings is 4. The van der Waals surface area contributed by atoms with E-state index in [4.69, 9.17) is 9.31 Å². The fourth-order valence-electron chi connectivity index (χ4n) is 10.7. The third-order valence-electron chi connectivity index (χ3n) is 15.0. The maximum atomic E-state index is 6.27. The number of halogens is 1. The lowest BCUT2D eigenvalue weighted by molar-refractivity contribution is 0.00578. The Morgan fingerprint density at radius 3 is 1.01 bits per heavy atom. The Morgan fingerprint density at radius 2 is 0.654 bits per heavy atom. The summed E-state index contributed by atoms with van der Waals surface area (Å²) < 4.78 is 35.3. The number of nitrogens with zero attached hydrogens (tertiary/aromatic N) is 4. The van der Waals surface area contributed by atoms with Gasteiger partial charge in [0.2, 0.25) is 0 Å². The van der Waals surface area contributed by atoms with Crippen LogP contribution < -0.4 is 4.78 Å². The first kappa shape index (κ1) is 49.2. The lowest BCUT2D eigenvalue weighted by Gasteiger charge is -2.32. The predicted octanol–water partition coefficient (Wildman–Crippen LogP) is 20.7. The second-order valence-electron chi connectivity index (χ2n) is 20.1. The van der Waals surface area contributed by atoms with Crippen LogP contribution in [0.5, 0.6) is 0 Å². The van der Waals surface area contributed by atoms with E-state index in [9.17, 15) is 0 Å². The Labute approximate surface area is 489 Å². The molecule has 382 valence electrons. The number of hydrogen-bond acceptors (Lipinski definition) is 10. The summed E-state index contributed by atoms with van der Waals surface area (Å²) in [6.45, 7) is 8.40. The van der Waals surface area contributed by atoms with Crippen LogP contribution in [-0.2, 0) is 9.31 Å². The van der Waals surface area contributed by atoms with Crippen molar-refractivity contribution in [2.45, 2.75) is 38.9 Å². The number of para-hydroxylation sites is 4. The molecule has 0 radical (unpaired) electrons. The van der Waals surface area contributed by atoms with Gasteiger partial charge in [0, 0.05) is 37.3 Å². The molecule has 1 aliphatic rings. The van der Waals surface area contributed by atoms with Gasteiger partial charge in [0.25, 0.3) is 0 Å². The van der Waals surface area contributed by atoms with E-state index in [0.29, 0.717) is 0 Å². The molecule has 0 atom stereocenters. The first-order chi connectivity index (χ1) is 38.1. The largest absolute Gasteiger partial charge is 0.505 e. The fraction of sp³-hybridized carbons (Fsp3) is 0.0968. The van der Waals surface area contributed by atoms with Gasteiger partial charge in [-0.25, -0.2) is 0 Å². The van der Waals surface area contributed by atoms with E-state index >= 15 is 0 Å². The van der Waals surface area contributed by atoms with E-state index in [1.165, 1.54) is 118 Å². The van der Waals surface area contributed by atoms with Crippen molar-refractivity contribution in [3.8, 4) is 32.5 Å². The molecular formula is C62H44BBrN4O2S8. The minimum atomic E-state index is -0.320. The summed E-state index contributed by atoms with van der Waals surface area (Å²) in [6.07, 6.45) is 0. The summed E-state index contributed by atoms with van der Waals surface area (Å²) in [6, 6.07) is 60.6. The van der Waals surface area contributed by atoms with Crippen molar-refractivity contribution >= 4 is 200 Å². The molecule has 0 saturated carbocycles. The molecule has 17 rings (SSSR count). The van der Waals surface area contributed by atoms with Crippen LogP contribution in [-0.4, -0.2) is 36.6 Å². The molecule has 16 heteroatoms. The third kappa shape index (κ3) is 7.97. The molecule has 4 aromatic carbocycles. The van der Waals surface area contributed by atoms with Gasteiger partial charge in [0.1, 0.15) is 0 Å². The van der Waals surface area contributed by atoms with Crippen molar-refractivity contribution in [3.05, 3.63) is 195 Å². The minimum Gasteiger partial charge on any atom is -0.399 e. The number of fused-ring (bicyclic) bond motifs is 12. The number of thiophene rings is 8. The van der Waals surface area contributed by atoms with E-state index in [1.54, 1.807) is 22.7 Å². The molecule has 12 aromatic heterocycles. The van der Waals surface area contributed by atoms with Gasteiger partial charge in [0.15, 0.2) is 0 Å². The van der Waals surface area contributed by atoms with E-state index in [-0.39, 0.29) is 18.3 Å².